The Morgan fingerprint density at radius 2 is 2.00 bits per heavy atom. The number of carbonyl (C=O) groups excluding carboxylic acids is 1. The minimum Gasteiger partial charge on any atom is -0.444 e. The number of nitrogens with one attached hydrogen (secondary N) is 2. The molecule has 0 aliphatic heterocycles. The largest absolute Gasteiger partial charge is 0.444 e. The van der Waals surface area contributed by atoms with E-state index in [2.05, 4.69) is 15.3 Å². The van der Waals surface area contributed by atoms with E-state index >= 15 is 0 Å². The summed E-state index contributed by atoms with van der Waals surface area (Å²) in [5.74, 6) is 0.0122. The quantitative estimate of drug-likeness (QED) is 0.874. The third kappa shape index (κ3) is 4.80. The fourth-order valence-electron chi connectivity index (χ4n) is 1.25. The number of aromatic nitrogens is 2. The molecule has 0 saturated heterocycles. The van der Waals surface area contributed by atoms with Crippen LogP contribution in [0.15, 0.2) is 6.20 Å². The molecule has 1 rings (SSSR count). The van der Waals surface area contributed by atoms with E-state index in [0.29, 0.717) is 6.20 Å². The van der Waals surface area contributed by atoms with E-state index in [9.17, 15) is 18.0 Å². The number of nitrogens with zero attached hydrogens (tertiary/aromatic N) is 1. The molecule has 1 amide bonds. The topological polar surface area (TPSA) is 67.0 Å². The molecule has 2 N–H and O–H groups in total. The third-order valence-electron chi connectivity index (χ3n) is 2.04. The van der Waals surface area contributed by atoms with Gasteiger partial charge in [-0.25, -0.2) is 9.78 Å². The van der Waals surface area contributed by atoms with Gasteiger partial charge in [0.2, 0.25) is 0 Å². The molecule has 8 heteroatoms. The molecule has 1 atom stereocenters. The maximum Gasteiger partial charge on any atom is 0.432 e. The van der Waals surface area contributed by atoms with E-state index in [1.54, 1.807) is 20.8 Å². The van der Waals surface area contributed by atoms with Crippen LogP contribution in [0.2, 0.25) is 0 Å². The van der Waals surface area contributed by atoms with Crippen LogP contribution in [0.25, 0.3) is 0 Å². The highest BCUT2D eigenvalue weighted by molar-refractivity contribution is 5.68. The van der Waals surface area contributed by atoms with Crippen LogP contribution in [0.5, 0.6) is 0 Å². The molecule has 0 aromatic carbocycles. The van der Waals surface area contributed by atoms with Crippen molar-refractivity contribution in [2.45, 2.75) is 45.5 Å². The molecule has 108 valence electrons. The van der Waals surface area contributed by atoms with Gasteiger partial charge in [-0.3, -0.25) is 0 Å². The summed E-state index contributed by atoms with van der Waals surface area (Å²) in [6.45, 7) is 6.56. The molecular weight excluding hydrogens is 263 g/mol. The number of hydrogen-bond acceptors (Lipinski definition) is 3. The summed E-state index contributed by atoms with van der Waals surface area (Å²) >= 11 is 0. The van der Waals surface area contributed by atoms with Crippen molar-refractivity contribution < 1.29 is 22.7 Å². The molecule has 0 aliphatic rings. The van der Waals surface area contributed by atoms with E-state index in [0.717, 1.165) is 0 Å². The molecule has 0 radical (unpaired) electrons. The second-order valence-corrected chi connectivity index (χ2v) is 5.05. The number of aromatic amines is 1. The summed E-state index contributed by atoms with van der Waals surface area (Å²) in [5.41, 5.74) is -1.63. The van der Waals surface area contributed by atoms with E-state index < -0.39 is 29.6 Å². The Hall–Kier alpha value is -1.73. The number of H-pyrrole nitrogens is 1. The number of carbonyl (C=O) groups is 1. The molecule has 5 nitrogen and oxygen atoms in total. The van der Waals surface area contributed by atoms with Gasteiger partial charge in [-0.1, -0.05) is 0 Å². The molecule has 0 unspecified atom stereocenters. The fraction of sp³-hybridized carbons (Fsp3) is 0.636. The minimum absolute atomic E-state index is 0.0122. The highest BCUT2D eigenvalue weighted by Gasteiger charge is 2.33. The van der Waals surface area contributed by atoms with Gasteiger partial charge in [-0.15, -0.1) is 0 Å². The van der Waals surface area contributed by atoms with Gasteiger partial charge < -0.3 is 15.0 Å². The molecule has 1 aromatic heterocycles. The van der Waals surface area contributed by atoms with E-state index in [1.165, 1.54) is 6.92 Å². The van der Waals surface area contributed by atoms with Crippen LogP contribution >= 0.6 is 0 Å². The first kappa shape index (κ1) is 15.3. The average molecular weight is 279 g/mol. The first-order chi connectivity index (χ1) is 8.49. The van der Waals surface area contributed by atoms with Crippen molar-refractivity contribution >= 4 is 6.09 Å². The Balaban J connectivity index is 2.66. The zero-order valence-electron chi connectivity index (χ0n) is 11.1. The Morgan fingerprint density at radius 1 is 1.42 bits per heavy atom. The molecule has 0 saturated carbocycles. The van der Waals surface area contributed by atoms with Gasteiger partial charge in [0.1, 0.15) is 17.1 Å². The lowest BCUT2D eigenvalue weighted by Crippen LogP contribution is -2.34. The molecule has 0 fully saturated rings. The molecule has 0 bridgehead atoms. The van der Waals surface area contributed by atoms with Crippen molar-refractivity contribution in [1.29, 1.82) is 0 Å². The number of ether oxygens (including phenoxy) is 1. The SMILES string of the molecule is C[C@@H](NC(=O)OC(C)(C)C)c1ncc(C(F)(F)F)[nH]1. The van der Waals surface area contributed by atoms with Gasteiger partial charge >= 0.3 is 12.3 Å². The Kier molecular flexibility index (Phi) is 4.12. The molecule has 19 heavy (non-hydrogen) atoms. The van der Waals surface area contributed by atoms with Crippen LogP contribution in [0.3, 0.4) is 0 Å². The predicted octanol–water partition coefficient (Wildman–Crippen LogP) is 3.01. The van der Waals surface area contributed by atoms with Crippen LogP contribution in [0, 0.1) is 0 Å². The zero-order valence-corrected chi connectivity index (χ0v) is 11.1. The van der Waals surface area contributed by atoms with Crippen LogP contribution in [0.4, 0.5) is 18.0 Å². The summed E-state index contributed by atoms with van der Waals surface area (Å²) in [6.07, 6.45) is -4.52. The Labute approximate surface area is 108 Å². The first-order valence-corrected chi connectivity index (χ1v) is 5.60. The number of rotatable bonds is 2. The molecule has 1 aromatic rings. The molecular formula is C11H16F3N3O2. The second-order valence-electron chi connectivity index (χ2n) is 5.05. The Bertz CT molecular complexity index is 449. The van der Waals surface area contributed by atoms with Gasteiger partial charge in [0, 0.05) is 0 Å². The lowest BCUT2D eigenvalue weighted by atomic mass is 10.2. The molecule has 0 aliphatic carbocycles. The maximum atomic E-state index is 12.4. The second kappa shape index (κ2) is 5.10. The smallest absolute Gasteiger partial charge is 0.432 e. The first-order valence-electron chi connectivity index (χ1n) is 5.60. The van der Waals surface area contributed by atoms with Crippen molar-refractivity contribution in [2.24, 2.45) is 0 Å². The van der Waals surface area contributed by atoms with E-state index in [1.807, 2.05) is 0 Å². The molecule has 1 heterocycles. The predicted molar refractivity (Wildman–Crippen MR) is 61.4 cm³/mol. The molecule has 0 spiro atoms. The van der Waals surface area contributed by atoms with Gasteiger partial charge in [0.25, 0.3) is 0 Å². The maximum absolute atomic E-state index is 12.4. The highest BCUT2D eigenvalue weighted by Crippen LogP contribution is 2.28. The van der Waals surface area contributed by atoms with Gasteiger partial charge in [0.15, 0.2) is 0 Å². The minimum atomic E-state index is -4.49. The van der Waals surface area contributed by atoms with E-state index in [4.69, 9.17) is 4.74 Å². The summed E-state index contributed by atoms with van der Waals surface area (Å²) in [4.78, 5) is 17.1. The van der Waals surface area contributed by atoms with E-state index in [-0.39, 0.29) is 5.82 Å². The third-order valence-corrected chi connectivity index (χ3v) is 2.04. The van der Waals surface area contributed by atoms with Crippen LogP contribution in [-0.4, -0.2) is 21.7 Å². The van der Waals surface area contributed by atoms with Crippen LogP contribution in [-0.2, 0) is 10.9 Å². The van der Waals surface area contributed by atoms with Gasteiger partial charge in [-0.05, 0) is 27.7 Å². The number of imidazole rings is 1. The lowest BCUT2D eigenvalue weighted by molar-refractivity contribution is -0.140. The average Bonchev–Trinajstić information content (AvgIpc) is 2.61. The van der Waals surface area contributed by atoms with Gasteiger partial charge in [0.05, 0.1) is 12.2 Å². The number of alkyl carbamates (subject to hydrolysis) is 1. The van der Waals surface area contributed by atoms with Gasteiger partial charge in [-0.2, -0.15) is 13.2 Å². The summed E-state index contributed by atoms with van der Waals surface area (Å²) in [7, 11) is 0. The van der Waals surface area contributed by atoms with Crippen molar-refractivity contribution in [2.75, 3.05) is 0 Å². The van der Waals surface area contributed by atoms with Crippen molar-refractivity contribution in [3.05, 3.63) is 17.7 Å². The highest BCUT2D eigenvalue weighted by atomic mass is 19.4. The number of halogens is 3. The number of amides is 1. The normalized spacial score (nSPS) is 14.1. The standard InChI is InChI=1S/C11H16F3N3O2/c1-6(16-9(18)19-10(2,3)4)8-15-5-7(17-8)11(12,13)14/h5-6H,1-4H3,(H,15,17)(H,16,18)/t6-/m1/s1. The van der Waals surface area contributed by atoms with Crippen LogP contribution < -0.4 is 5.32 Å². The fourth-order valence-corrected chi connectivity index (χ4v) is 1.25. The number of alkyl halides is 3. The summed E-state index contributed by atoms with van der Waals surface area (Å²) in [5, 5.41) is 2.40. The number of hydrogen-bond donors (Lipinski definition) is 2. The van der Waals surface area contributed by atoms with Crippen molar-refractivity contribution in [1.82, 2.24) is 15.3 Å². The monoisotopic (exact) mass is 279 g/mol. The van der Waals surface area contributed by atoms with Crippen LogP contribution in [0.1, 0.15) is 45.3 Å². The summed E-state index contributed by atoms with van der Waals surface area (Å²) in [6, 6.07) is -0.717. The zero-order chi connectivity index (χ0) is 14.8. The van der Waals surface area contributed by atoms with Crippen molar-refractivity contribution in [3.8, 4) is 0 Å². The van der Waals surface area contributed by atoms with Crippen molar-refractivity contribution in [3.63, 3.8) is 0 Å². The Morgan fingerprint density at radius 3 is 2.42 bits per heavy atom. The lowest BCUT2D eigenvalue weighted by Gasteiger charge is -2.21. The summed E-state index contributed by atoms with van der Waals surface area (Å²) < 4.78 is 42.1.